The lowest BCUT2D eigenvalue weighted by molar-refractivity contribution is 0.0775. The summed E-state index contributed by atoms with van der Waals surface area (Å²) >= 11 is 6.02. The van der Waals surface area contributed by atoms with Crippen molar-refractivity contribution in [3.05, 3.63) is 22.7 Å². The number of nitrogens with zero attached hydrogens (tertiary/aromatic N) is 4. The van der Waals surface area contributed by atoms with Crippen LogP contribution in [0.15, 0.2) is 6.20 Å². The molecule has 0 radical (unpaired) electrons. The first-order valence-corrected chi connectivity index (χ1v) is 6.72. The maximum Gasteiger partial charge on any atom is 0.274 e. The van der Waals surface area contributed by atoms with Gasteiger partial charge in [0.25, 0.3) is 5.91 Å². The summed E-state index contributed by atoms with van der Waals surface area (Å²) in [5.74, 6) is 0.900. The summed E-state index contributed by atoms with van der Waals surface area (Å²) in [5, 5.41) is 0.316. The summed E-state index contributed by atoms with van der Waals surface area (Å²) < 4.78 is 0. The molecule has 0 spiro atoms. The highest BCUT2D eigenvalue weighted by molar-refractivity contribution is 6.33. The summed E-state index contributed by atoms with van der Waals surface area (Å²) in [5.41, 5.74) is 0.306. The maximum absolute atomic E-state index is 12.5. The Morgan fingerprint density at radius 2 is 2.16 bits per heavy atom. The highest BCUT2D eigenvalue weighted by Crippen LogP contribution is 2.23. The average Bonchev–Trinajstić information content (AvgIpc) is 2.74. The van der Waals surface area contributed by atoms with Crippen LogP contribution in [0.1, 0.15) is 23.2 Å². The lowest BCUT2D eigenvalue weighted by Gasteiger charge is -2.22. The smallest absolute Gasteiger partial charge is 0.274 e. The lowest BCUT2D eigenvalue weighted by atomic mass is 10.1. The summed E-state index contributed by atoms with van der Waals surface area (Å²) in [6.07, 6.45) is 1.49. The number of likely N-dealkylation sites (tertiary alicyclic amines) is 1. The maximum atomic E-state index is 12.5. The molecule has 2 atom stereocenters. The van der Waals surface area contributed by atoms with Crippen LogP contribution in [0.2, 0.25) is 5.02 Å². The van der Waals surface area contributed by atoms with Gasteiger partial charge in [-0.25, -0.2) is 9.97 Å². The second-order valence-corrected chi connectivity index (χ2v) is 5.74. The molecule has 1 aromatic heterocycles. The molecule has 0 bridgehead atoms. The number of halogens is 1. The first-order chi connectivity index (χ1) is 8.90. The predicted molar refractivity (Wildman–Crippen MR) is 74.3 cm³/mol. The Hall–Kier alpha value is -1.20. The fraction of sp³-hybridized carbons (Fsp3) is 0.615. The second kappa shape index (κ2) is 5.43. The number of carbonyl (C=O) groups excluding carboxylic acids is 1. The average molecular weight is 283 g/mol. The van der Waals surface area contributed by atoms with Crippen molar-refractivity contribution in [1.29, 1.82) is 0 Å². The number of hydrogen-bond donors (Lipinski definition) is 0. The van der Waals surface area contributed by atoms with Gasteiger partial charge in [-0.2, -0.15) is 0 Å². The molecular weight excluding hydrogens is 264 g/mol. The van der Waals surface area contributed by atoms with E-state index in [1.165, 1.54) is 6.20 Å². The van der Waals surface area contributed by atoms with E-state index in [0.717, 1.165) is 6.54 Å². The van der Waals surface area contributed by atoms with Crippen molar-refractivity contribution in [2.75, 3.05) is 27.2 Å². The molecule has 0 N–H and O–H groups in total. The normalized spacial score (nSPS) is 23.2. The standard InChI is InChI=1S/C13H19ClN4O/c1-8-6-18(7-11(8)17(3)4)13(19)12-10(14)5-15-9(2)16-12/h5,8,11H,6-7H2,1-4H3/t8-,11+/m0/s1. The summed E-state index contributed by atoms with van der Waals surface area (Å²) in [4.78, 5) is 24.6. The number of amides is 1. The van der Waals surface area contributed by atoms with E-state index in [2.05, 4.69) is 21.8 Å². The zero-order valence-electron chi connectivity index (χ0n) is 11.7. The number of likely N-dealkylation sites (N-methyl/N-ethyl adjacent to an activating group) is 1. The largest absolute Gasteiger partial charge is 0.335 e. The fourth-order valence-corrected chi connectivity index (χ4v) is 2.71. The van der Waals surface area contributed by atoms with Crippen LogP contribution in [0.5, 0.6) is 0 Å². The highest BCUT2D eigenvalue weighted by Gasteiger charge is 2.35. The number of aryl methyl sites for hydroxylation is 1. The SMILES string of the molecule is Cc1ncc(Cl)c(C(=O)N2C[C@@H](N(C)C)[C@@H](C)C2)n1. The van der Waals surface area contributed by atoms with Crippen molar-refractivity contribution < 1.29 is 4.79 Å². The van der Waals surface area contributed by atoms with Crippen LogP contribution in [0, 0.1) is 12.8 Å². The molecule has 1 aliphatic heterocycles. The van der Waals surface area contributed by atoms with Crippen molar-refractivity contribution in [3.63, 3.8) is 0 Å². The minimum atomic E-state index is -0.105. The quantitative estimate of drug-likeness (QED) is 0.824. The minimum absolute atomic E-state index is 0.105. The van der Waals surface area contributed by atoms with Crippen molar-refractivity contribution in [2.45, 2.75) is 19.9 Å². The molecular formula is C13H19ClN4O. The van der Waals surface area contributed by atoms with Crippen molar-refractivity contribution >= 4 is 17.5 Å². The van der Waals surface area contributed by atoms with Crippen molar-refractivity contribution in [1.82, 2.24) is 19.8 Å². The number of aromatic nitrogens is 2. The number of carbonyl (C=O) groups is 1. The van der Waals surface area contributed by atoms with E-state index in [0.29, 0.717) is 35.0 Å². The molecule has 0 aromatic carbocycles. The molecule has 1 aromatic rings. The first-order valence-electron chi connectivity index (χ1n) is 6.35. The molecule has 1 fully saturated rings. The van der Waals surface area contributed by atoms with Crippen LogP contribution in [0.3, 0.4) is 0 Å². The van der Waals surface area contributed by atoms with E-state index in [1.54, 1.807) is 6.92 Å². The third-order valence-electron chi connectivity index (χ3n) is 3.59. The van der Waals surface area contributed by atoms with E-state index in [4.69, 9.17) is 11.6 Å². The van der Waals surface area contributed by atoms with Crippen molar-refractivity contribution in [3.8, 4) is 0 Å². The van der Waals surface area contributed by atoms with Gasteiger partial charge in [0.1, 0.15) is 5.82 Å². The second-order valence-electron chi connectivity index (χ2n) is 5.33. The van der Waals surface area contributed by atoms with E-state index < -0.39 is 0 Å². The molecule has 0 saturated carbocycles. The van der Waals surface area contributed by atoms with Gasteiger partial charge in [-0.3, -0.25) is 4.79 Å². The summed E-state index contributed by atoms with van der Waals surface area (Å²) in [6.45, 7) is 5.36. The third-order valence-corrected chi connectivity index (χ3v) is 3.87. The van der Waals surface area contributed by atoms with Gasteiger partial charge in [0.15, 0.2) is 5.69 Å². The fourth-order valence-electron chi connectivity index (χ4n) is 2.54. The zero-order valence-corrected chi connectivity index (χ0v) is 12.5. The van der Waals surface area contributed by atoms with Gasteiger partial charge in [0, 0.05) is 19.1 Å². The highest BCUT2D eigenvalue weighted by atomic mass is 35.5. The molecule has 0 aliphatic carbocycles. The molecule has 0 unspecified atom stereocenters. The monoisotopic (exact) mass is 282 g/mol. The van der Waals surface area contributed by atoms with Crippen LogP contribution in [0.4, 0.5) is 0 Å². The van der Waals surface area contributed by atoms with Crippen LogP contribution >= 0.6 is 11.6 Å². The van der Waals surface area contributed by atoms with Crippen molar-refractivity contribution in [2.24, 2.45) is 5.92 Å². The number of rotatable bonds is 2. The molecule has 2 heterocycles. The Morgan fingerprint density at radius 3 is 2.74 bits per heavy atom. The Bertz CT molecular complexity index is 492. The van der Waals surface area contributed by atoms with Gasteiger partial charge in [0.05, 0.1) is 11.2 Å². The van der Waals surface area contributed by atoms with Gasteiger partial charge in [-0.15, -0.1) is 0 Å². The topological polar surface area (TPSA) is 49.3 Å². The van der Waals surface area contributed by atoms with E-state index in [9.17, 15) is 4.79 Å². The van der Waals surface area contributed by atoms with Gasteiger partial charge in [-0.1, -0.05) is 18.5 Å². The Labute approximate surface area is 118 Å². The Kier molecular flexibility index (Phi) is 4.06. The van der Waals surface area contributed by atoms with Crippen LogP contribution in [0.25, 0.3) is 0 Å². The molecule has 6 heteroatoms. The molecule has 5 nitrogen and oxygen atoms in total. The lowest BCUT2D eigenvalue weighted by Crippen LogP contribution is -2.36. The van der Waals surface area contributed by atoms with Crippen LogP contribution in [-0.4, -0.2) is 58.9 Å². The molecule has 1 saturated heterocycles. The van der Waals surface area contributed by atoms with Crippen LogP contribution < -0.4 is 0 Å². The molecule has 104 valence electrons. The van der Waals surface area contributed by atoms with Gasteiger partial charge in [-0.05, 0) is 26.9 Å². The van der Waals surface area contributed by atoms with E-state index in [-0.39, 0.29) is 5.91 Å². The Morgan fingerprint density at radius 1 is 1.47 bits per heavy atom. The zero-order chi connectivity index (χ0) is 14.2. The summed E-state index contributed by atoms with van der Waals surface area (Å²) in [6, 6.07) is 0.380. The van der Waals surface area contributed by atoms with Crippen LogP contribution in [-0.2, 0) is 0 Å². The van der Waals surface area contributed by atoms with E-state index >= 15 is 0 Å². The minimum Gasteiger partial charge on any atom is -0.335 e. The third kappa shape index (κ3) is 2.87. The predicted octanol–water partition coefficient (Wildman–Crippen LogP) is 1.46. The number of hydrogen-bond acceptors (Lipinski definition) is 4. The summed E-state index contributed by atoms with van der Waals surface area (Å²) in [7, 11) is 4.08. The van der Waals surface area contributed by atoms with E-state index in [1.807, 2.05) is 19.0 Å². The van der Waals surface area contributed by atoms with Gasteiger partial charge in [0.2, 0.25) is 0 Å². The molecule has 1 amide bonds. The van der Waals surface area contributed by atoms with Gasteiger partial charge >= 0.3 is 0 Å². The van der Waals surface area contributed by atoms with Gasteiger partial charge < -0.3 is 9.80 Å². The molecule has 1 aliphatic rings. The first kappa shape index (κ1) is 14.2. The Balaban J connectivity index is 2.19. The molecule has 19 heavy (non-hydrogen) atoms. The molecule has 2 rings (SSSR count).